The summed E-state index contributed by atoms with van der Waals surface area (Å²) in [7, 11) is 0. The van der Waals surface area contributed by atoms with Crippen LogP contribution in [0.3, 0.4) is 0 Å². The standard InChI is InChI=1S/C18H29NO4.C11H19NO4.C7H12O/c1-13-6-5-7-15(12-13)22-16(20)14-8-10-19(11-9-14)17(21)23-18(2,3)4;1-11(2,3)16-10(15)12-6-4-8(5-7-12)9(13)14;1-6-3-2-4-7(8)5-6/h12,14-15H,5-11H2,1-4H3;8H,4-7H2,1-3H3,(H,13,14);5,7-8H,2-4H2,1H3. The molecule has 11 heteroatoms. The Bertz CT molecular complexity index is 1100. The van der Waals surface area contributed by atoms with Gasteiger partial charge in [0.1, 0.15) is 17.3 Å². The van der Waals surface area contributed by atoms with E-state index in [9.17, 15) is 19.2 Å². The molecule has 2 unspecified atom stereocenters. The van der Waals surface area contributed by atoms with Crippen molar-refractivity contribution >= 4 is 24.1 Å². The maximum absolute atomic E-state index is 12.3. The van der Waals surface area contributed by atoms with E-state index < -0.39 is 17.2 Å². The van der Waals surface area contributed by atoms with E-state index in [0.717, 1.165) is 32.1 Å². The van der Waals surface area contributed by atoms with Crippen molar-refractivity contribution < 1.29 is 43.6 Å². The summed E-state index contributed by atoms with van der Waals surface area (Å²) < 4.78 is 16.2. The molecule has 11 nitrogen and oxygen atoms in total. The first kappa shape index (κ1) is 40.1. The van der Waals surface area contributed by atoms with E-state index in [2.05, 4.69) is 19.9 Å². The predicted molar refractivity (Wildman–Crippen MR) is 180 cm³/mol. The van der Waals surface area contributed by atoms with Crippen molar-refractivity contribution in [1.82, 2.24) is 9.80 Å². The van der Waals surface area contributed by atoms with Gasteiger partial charge in [-0.2, -0.15) is 0 Å². The molecule has 0 aromatic rings. The van der Waals surface area contributed by atoms with E-state index in [0.29, 0.717) is 51.9 Å². The molecule has 0 aromatic carbocycles. The van der Waals surface area contributed by atoms with Gasteiger partial charge in [0, 0.05) is 26.2 Å². The summed E-state index contributed by atoms with van der Waals surface area (Å²) >= 11 is 0. The smallest absolute Gasteiger partial charge is 0.410 e. The molecule has 2 fully saturated rings. The monoisotopic (exact) mass is 664 g/mol. The lowest BCUT2D eigenvalue weighted by Crippen LogP contribution is -2.43. The van der Waals surface area contributed by atoms with Crippen LogP contribution in [0.1, 0.15) is 120 Å². The Labute approximate surface area is 281 Å². The number of likely N-dealkylation sites (tertiary alicyclic amines) is 2. The lowest BCUT2D eigenvalue weighted by atomic mass is 9.96. The van der Waals surface area contributed by atoms with E-state index in [4.69, 9.17) is 24.4 Å². The summed E-state index contributed by atoms with van der Waals surface area (Å²) in [6.07, 6.45) is 11.8. The fraction of sp³-hybridized carbons (Fsp3) is 0.778. The second-order valence-electron chi connectivity index (χ2n) is 15.2. The Morgan fingerprint density at radius 1 is 0.681 bits per heavy atom. The zero-order valence-corrected chi connectivity index (χ0v) is 30.0. The molecule has 4 rings (SSSR count). The molecule has 2 aliphatic carbocycles. The van der Waals surface area contributed by atoms with Crippen LogP contribution in [0, 0.1) is 11.8 Å². The van der Waals surface area contributed by atoms with Gasteiger partial charge in [-0.3, -0.25) is 9.59 Å². The Morgan fingerprint density at radius 2 is 1.11 bits per heavy atom. The molecular formula is C36H60N2O9. The minimum atomic E-state index is -0.774. The van der Waals surface area contributed by atoms with Gasteiger partial charge < -0.3 is 34.2 Å². The average molecular weight is 665 g/mol. The first-order valence-corrected chi connectivity index (χ1v) is 17.2. The van der Waals surface area contributed by atoms with Gasteiger partial charge in [0.2, 0.25) is 0 Å². The number of amides is 2. The molecular weight excluding hydrogens is 604 g/mol. The minimum absolute atomic E-state index is 0.0693. The number of allylic oxidation sites excluding steroid dienone is 2. The van der Waals surface area contributed by atoms with Crippen LogP contribution in [0.15, 0.2) is 23.3 Å². The van der Waals surface area contributed by atoms with Crippen molar-refractivity contribution in [2.45, 2.75) is 143 Å². The highest BCUT2D eigenvalue weighted by Gasteiger charge is 2.32. The number of esters is 1. The van der Waals surface area contributed by atoms with Crippen LogP contribution in [-0.4, -0.2) is 93.7 Å². The highest BCUT2D eigenvalue weighted by molar-refractivity contribution is 5.74. The molecule has 0 spiro atoms. The highest BCUT2D eigenvalue weighted by Crippen LogP contribution is 2.25. The first-order chi connectivity index (χ1) is 21.8. The molecule has 0 radical (unpaired) electrons. The molecule has 0 saturated carbocycles. The van der Waals surface area contributed by atoms with Gasteiger partial charge in [-0.05, 0) is 126 Å². The summed E-state index contributed by atoms with van der Waals surface area (Å²) in [4.78, 5) is 49.9. The molecule has 2 N–H and O–H groups in total. The van der Waals surface area contributed by atoms with Crippen molar-refractivity contribution in [3.63, 3.8) is 0 Å². The predicted octanol–water partition coefficient (Wildman–Crippen LogP) is 6.87. The number of ether oxygens (including phenoxy) is 3. The Hall–Kier alpha value is -3.08. The summed E-state index contributed by atoms with van der Waals surface area (Å²) in [6, 6.07) is 0. The van der Waals surface area contributed by atoms with Crippen LogP contribution >= 0.6 is 0 Å². The molecule has 47 heavy (non-hydrogen) atoms. The highest BCUT2D eigenvalue weighted by atomic mass is 16.6. The number of carbonyl (C=O) groups excluding carboxylic acids is 3. The number of piperidine rings is 2. The van der Waals surface area contributed by atoms with Crippen LogP contribution in [-0.2, 0) is 23.8 Å². The molecule has 2 atom stereocenters. The number of carboxylic acids is 1. The fourth-order valence-electron chi connectivity index (χ4n) is 5.75. The third-order valence-electron chi connectivity index (χ3n) is 8.32. The van der Waals surface area contributed by atoms with Crippen LogP contribution < -0.4 is 0 Å². The lowest BCUT2D eigenvalue weighted by molar-refractivity contribution is -0.154. The average Bonchev–Trinajstić information content (AvgIpc) is 2.96. The van der Waals surface area contributed by atoms with Crippen molar-refractivity contribution in [3.8, 4) is 0 Å². The van der Waals surface area contributed by atoms with E-state index in [1.54, 1.807) is 9.80 Å². The van der Waals surface area contributed by atoms with Crippen LogP contribution in [0.4, 0.5) is 9.59 Å². The number of aliphatic hydroxyl groups excluding tert-OH is 1. The van der Waals surface area contributed by atoms with Crippen molar-refractivity contribution in [2.75, 3.05) is 26.2 Å². The Morgan fingerprint density at radius 3 is 1.47 bits per heavy atom. The molecule has 4 aliphatic rings. The fourth-order valence-corrected chi connectivity index (χ4v) is 5.75. The van der Waals surface area contributed by atoms with Crippen LogP contribution in [0.2, 0.25) is 0 Å². The largest absolute Gasteiger partial charge is 0.481 e. The summed E-state index contributed by atoms with van der Waals surface area (Å²) in [5, 5.41) is 17.8. The second-order valence-corrected chi connectivity index (χ2v) is 15.2. The number of rotatable bonds is 3. The van der Waals surface area contributed by atoms with E-state index in [1.165, 1.54) is 17.6 Å². The zero-order valence-electron chi connectivity index (χ0n) is 30.0. The molecule has 268 valence electrons. The van der Waals surface area contributed by atoms with Gasteiger partial charge in [0.15, 0.2) is 0 Å². The van der Waals surface area contributed by atoms with Crippen molar-refractivity contribution in [3.05, 3.63) is 23.3 Å². The second kappa shape index (κ2) is 18.5. The number of hydrogen-bond acceptors (Lipinski definition) is 8. The Kier molecular flexibility index (Phi) is 15.7. The number of nitrogens with zero attached hydrogens (tertiary/aromatic N) is 2. The number of hydrogen-bond donors (Lipinski definition) is 2. The van der Waals surface area contributed by atoms with Crippen molar-refractivity contribution in [1.29, 1.82) is 0 Å². The molecule has 2 aliphatic heterocycles. The van der Waals surface area contributed by atoms with Gasteiger partial charge in [-0.25, -0.2) is 9.59 Å². The Balaban J connectivity index is 0.000000275. The van der Waals surface area contributed by atoms with Gasteiger partial charge in [0.25, 0.3) is 0 Å². The summed E-state index contributed by atoms with van der Waals surface area (Å²) in [5.41, 5.74) is 1.65. The SMILES string of the molecule is CC(C)(C)OC(=O)N1CCC(C(=O)O)CC1.CC1=CC(O)CCC1.CC1=CC(OC(=O)C2CCN(C(=O)OC(C)(C)C)CC2)CCC1. The lowest BCUT2D eigenvalue weighted by Gasteiger charge is -2.33. The van der Waals surface area contributed by atoms with Crippen LogP contribution in [0.25, 0.3) is 0 Å². The van der Waals surface area contributed by atoms with Crippen LogP contribution in [0.5, 0.6) is 0 Å². The minimum Gasteiger partial charge on any atom is -0.481 e. The zero-order chi connectivity index (χ0) is 35.4. The number of aliphatic carboxylic acids is 1. The van der Waals surface area contributed by atoms with Crippen molar-refractivity contribution in [2.24, 2.45) is 11.8 Å². The number of carbonyl (C=O) groups is 4. The van der Waals surface area contributed by atoms with Gasteiger partial charge in [-0.1, -0.05) is 17.2 Å². The van der Waals surface area contributed by atoms with E-state index in [1.807, 2.05) is 47.6 Å². The van der Waals surface area contributed by atoms with Gasteiger partial charge in [-0.15, -0.1) is 0 Å². The van der Waals surface area contributed by atoms with E-state index >= 15 is 0 Å². The number of carboxylic acid groups (broad SMARTS) is 1. The number of aliphatic hydroxyl groups is 1. The summed E-state index contributed by atoms with van der Waals surface area (Å²) in [6.45, 7) is 17.2. The first-order valence-electron chi connectivity index (χ1n) is 17.2. The third kappa shape index (κ3) is 16.0. The molecule has 2 saturated heterocycles. The molecule has 0 bridgehead atoms. The topological polar surface area (TPSA) is 143 Å². The van der Waals surface area contributed by atoms with Gasteiger partial charge >= 0.3 is 24.1 Å². The maximum Gasteiger partial charge on any atom is 0.410 e. The summed E-state index contributed by atoms with van der Waals surface area (Å²) in [5.74, 6) is -1.32. The third-order valence-corrected chi connectivity index (χ3v) is 8.32. The molecule has 0 aromatic heterocycles. The maximum atomic E-state index is 12.3. The molecule has 2 amide bonds. The molecule has 2 heterocycles. The normalized spacial score (nSPS) is 22.7. The van der Waals surface area contributed by atoms with Gasteiger partial charge in [0.05, 0.1) is 17.9 Å². The quantitative estimate of drug-likeness (QED) is 0.188. The van der Waals surface area contributed by atoms with E-state index in [-0.39, 0.29) is 42.2 Å².